The van der Waals surface area contributed by atoms with Crippen LogP contribution in [0.15, 0.2) is 29.2 Å². The van der Waals surface area contributed by atoms with Crippen molar-refractivity contribution in [3.8, 4) is 0 Å². The summed E-state index contributed by atoms with van der Waals surface area (Å²) >= 11 is 5.67. The van der Waals surface area contributed by atoms with Crippen LogP contribution in [0.2, 0.25) is 0 Å². The van der Waals surface area contributed by atoms with Crippen molar-refractivity contribution in [1.82, 2.24) is 4.31 Å². The van der Waals surface area contributed by atoms with Gasteiger partial charge >= 0.3 is 0 Å². The summed E-state index contributed by atoms with van der Waals surface area (Å²) in [5, 5.41) is 0. The average Bonchev–Trinajstić information content (AvgIpc) is 2.40. The largest absolute Gasteiger partial charge is 0.243 e. The molecule has 106 valence electrons. The Bertz CT molecular complexity index is 505. The molecule has 0 aromatic heterocycles. The Morgan fingerprint density at radius 1 is 1.21 bits per heavy atom. The molecule has 1 saturated heterocycles. The first-order valence-electron chi connectivity index (χ1n) is 6.69. The highest BCUT2D eigenvalue weighted by Crippen LogP contribution is 2.23. The number of nitrogens with zero attached hydrogens (tertiary/aromatic N) is 1. The molecule has 1 aliphatic rings. The Kier molecular flexibility index (Phi) is 4.87. The fraction of sp³-hybridized carbons (Fsp3) is 0.571. The van der Waals surface area contributed by atoms with E-state index in [1.54, 1.807) is 16.4 Å². The first-order valence-corrected chi connectivity index (χ1v) is 8.66. The van der Waals surface area contributed by atoms with Crippen molar-refractivity contribution in [2.75, 3.05) is 19.0 Å². The van der Waals surface area contributed by atoms with Gasteiger partial charge in [0.1, 0.15) is 0 Å². The standard InChI is InChI=1S/C14H20ClNO2S/c1-12-7-10-16(11-8-12)19(17,18)14-4-2-13(3-5-14)6-9-15/h2-5,12H,6-11H2,1H3. The van der Waals surface area contributed by atoms with Crippen molar-refractivity contribution in [2.24, 2.45) is 5.92 Å². The van der Waals surface area contributed by atoms with Crippen LogP contribution in [0.25, 0.3) is 0 Å². The van der Waals surface area contributed by atoms with Gasteiger partial charge in [-0.05, 0) is 42.9 Å². The molecule has 1 aromatic carbocycles. The van der Waals surface area contributed by atoms with E-state index in [1.165, 1.54) is 0 Å². The molecule has 5 heteroatoms. The fourth-order valence-corrected chi connectivity index (χ4v) is 4.00. The van der Waals surface area contributed by atoms with Gasteiger partial charge in [-0.15, -0.1) is 11.6 Å². The number of hydrogen-bond acceptors (Lipinski definition) is 2. The number of hydrogen-bond donors (Lipinski definition) is 0. The lowest BCUT2D eigenvalue weighted by molar-refractivity contribution is 0.288. The van der Waals surface area contributed by atoms with Gasteiger partial charge in [0.2, 0.25) is 10.0 Å². The van der Waals surface area contributed by atoms with Crippen LogP contribution in [0.5, 0.6) is 0 Å². The van der Waals surface area contributed by atoms with Gasteiger partial charge in [-0.2, -0.15) is 4.31 Å². The predicted molar refractivity (Wildman–Crippen MR) is 78.0 cm³/mol. The first kappa shape index (κ1) is 14.8. The summed E-state index contributed by atoms with van der Waals surface area (Å²) in [5.41, 5.74) is 1.07. The van der Waals surface area contributed by atoms with Crippen LogP contribution in [0.1, 0.15) is 25.3 Å². The quantitative estimate of drug-likeness (QED) is 0.802. The van der Waals surface area contributed by atoms with E-state index < -0.39 is 10.0 Å². The van der Waals surface area contributed by atoms with Crippen molar-refractivity contribution in [3.63, 3.8) is 0 Å². The van der Waals surface area contributed by atoms with E-state index in [-0.39, 0.29) is 0 Å². The van der Waals surface area contributed by atoms with Crippen LogP contribution in [0.3, 0.4) is 0 Å². The number of piperidine rings is 1. The van der Waals surface area contributed by atoms with E-state index in [1.807, 2.05) is 12.1 Å². The summed E-state index contributed by atoms with van der Waals surface area (Å²) in [4.78, 5) is 0.389. The van der Waals surface area contributed by atoms with Gasteiger partial charge < -0.3 is 0 Å². The fourth-order valence-electron chi connectivity index (χ4n) is 2.31. The van der Waals surface area contributed by atoms with Gasteiger partial charge in [-0.25, -0.2) is 8.42 Å². The Balaban J connectivity index is 2.15. The zero-order valence-electron chi connectivity index (χ0n) is 11.2. The van der Waals surface area contributed by atoms with Crippen molar-refractivity contribution in [3.05, 3.63) is 29.8 Å². The Morgan fingerprint density at radius 2 is 1.79 bits per heavy atom. The number of rotatable bonds is 4. The minimum atomic E-state index is -3.32. The van der Waals surface area contributed by atoms with Crippen LogP contribution in [0, 0.1) is 5.92 Å². The molecule has 2 rings (SSSR count). The highest BCUT2D eigenvalue weighted by Gasteiger charge is 2.27. The van der Waals surface area contributed by atoms with E-state index >= 15 is 0 Å². The monoisotopic (exact) mass is 301 g/mol. The lowest BCUT2D eigenvalue weighted by Gasteiger charge is -2.29. The molecule has 1 aromatic rings. The third-order valence-electron chi connectivity index (χ3n) is 3.69. The SMILES string of the molecule is CC1CCN(S(=O)(=O)c2ccc(CCCl)cc2)CC1. The Labute approximate surface area is 120 Å². The maximum absolute atomic E-state index is 12.5. The molecule has 0 radical (unpaired) electrons. The number of alkyl halides is 1. The number of halogens is 1. The van der Waals surface area contributed by atoms with Gasteiger partial charge in [0, 0.05) is 19.0 Å². The van der Waals surface area contributed by atoms with Crippen LogP contribution in [0.4, 0.5) is 0 Å². The minimum Gasteiger partial charge on any atom is -0.207 e. The number of aryl methyl sites for hydroxylation is 1. The molecule has 1 fully saturated rings. The lowest BCUT2D eigenvalue weighted by atomic mass is 10.0. The van der Waals surface area contributed by atoms with Crippen molar-refractivity contribution in [1.29, 1.82) is 0 Å². The molecule has 0 amide bonds. The second-order valence-electron chi connectivity index (χ2n) is 5.17. The summed E-state index contributed by atoms with van der Waals surface area (Å²) in [6, 6.07) is 7.08. The van der Waals surface area contributed by atoms with Crippen LogP contribution >= 0.6 is 11.6 Å². The summed E-state index contributed by atoms with van der Waals surface area (Å²) < 4.78 is 26.5. The highest BCUT2D eigenvalue weighted by atomic mass is 35.5. The van der Waals surface area contributed by atoms with Crippen LogP contribution in [-0.2, 0) is 16.4 Å². The molecular formula is C14H20ClNO2S. The molecule has 0 N–H and O–H groups in total. The maximum atomic E-state index is 12.5. The van der Waals surface area contributed by atoms with Crippen LogP contribution in [-0.4, -0.2) is 31.7 Å². The predicted octanol–water partition coefficient (Wildman–Crippen LogP) is 2.89. The molecule has 0 saturated carbocycles. The molecule has 1 heterocycles. The second kappa shape index (κ2) is 6.25. The summed E-state index contributed by atoms with van der Waals surface area (Å²) in [6.45, 7) is 3.44. The summed E-state index contributed by atoms with van der Waals surface area (Å²) in [7, 11) is -3.32. The van der Waals surface area contributed by atoms with Crippen LogP contribution < -0.4 is 0 Å². The highest BCUT2D eigenvalue weighted by molar-refractivity contribution is 7.89. The zero-order valence-corrected chi connectivity index (χ0v) is 12.8. The van der Waals surface area contributed by atoms with Gasteiger partial charge in [-0.1, -0.05) is 19.1 Å². The molecule has 0 spiro atoms. The van der Waals surface area contributed by atoms with E-state index in [0.29, 0.717) is 29.8 Å². The Hall–Kier alpha value is -0.580. The smallest absolute Gasteiger partial charge is 0.207 e. The average molecular weight is 302 g/mol. The first-order chi connectivity index (χ1) is 9.04. The molecule has 19 heavy (non-hydrogen) atoms. The molecule has 3 nitrogen and oxygen atoms in total. The van der Waals surface area contributed by atoms with E-state index in [4.69, 9.17) is 11.6 Å². The zero-order chi connectivity index (χ0) is 13.9. The molecular weight excluding hydrogens is 282 g/mol. The van der Waals surface area contributed by atoms with E-state index in [0.717, 1.165) is 24.8 Å². The van der Waals surface area contributed by atoms with Gasteiger partial charge in [0.25, 0.3) is 0 Å². The van der Waals surface area contributed by atoms with Gasteiger partial charge in [0.15, 0.2) is 0 Å². The molecule has 1 aliphatic heterocycles. The van der Waals surface area contributed by atoms with Gasteiger partial charge in [-0.3, -0.25) is 0 Å². The maximum Gasteiger partial charge on any atom is 0.243 e. The van der Waals surface area contributed by atoms with Crippen molar-refractivity contribution in [2.45, 2.75) is 31.1 Å². The van der Waals surface area contributed by atoms with E-state index in [2.05, 4.69) is 6.92 Å². The Morgan fingerprint density at radius 3 is 2.32 bits per heavy atom. The summed E-state index contributed by atoms with van der Waals surface area (Å²) in [6.07, 6.45) is 2.66. The van der Waals surface area contributed by atoms with Crippen molar-refractivity contribution >= 4 is 21.6 Å². The lowest BCUT2D eigenvalue weighted by Crippen LogP contribution is -2.37. The van der Waals surface area contributed by atoms with E-state index in [9.17, 15) is 8.42 Å². The number of sulfonamides is 1. The molecule has 0 atom stereocenters. The van der Waals surface area contributed by atoms with Crippen molar-refractivity contribution < 1.29 is 8.42 Å². The third kappa shape index (κ3) is 3.50. The second-order valence-corrected chi connectivity index (χ2v) is 7.49. The number of benzene rings is 1. The molecule has 0 aliphatic carbocycles. The normalized spacial score (nSPS) is 18.6. The minimum absolute atomic E-state index is 0.389. The summed E-state index contributed by atoms with van der Waals surface area (Å²) in [5.74, 6) is 1.17. The third-order valence-corrected chi connectivity index (χ3v) is 5.79. The molecule has 0 bridgehead atoms. The van der Waals surface area contributed by atoms with Gasteiger partial charge in [0.05, 0.1) is 4.90 Å². The topological polar surface area (TPSA) is 37.4 Å². The molecule has 0 unspecified atom stereocenters.